The Labute approximate surface area is 110 Å². The number of nitrogens with two attached hydrogens (primary N) is 1. The zero-order valence-electron chi connectivity index (χ0n) is 9.91. The highest BCUT2D eigenvalue weighted by Gasteiger charge is 2.11. The van der Waals surface area contributed by atoms with E-state index in [9.17, 15) is 9.59 Å². The number of primary amides is 1. The Morgan fingerprint density at radius 1 is 1.22 bits per heavy atom. The third-order valence-electron chi connectivity index (χ3n) is 2.16. The van der Waals surface area contributed by atoms with Crippen molar-refractivity contribution in [3.05, 3.63) is 30.3 Å². The molecule has 0 saturated carbocycles. The van der Waals surface area contributed by atoms with Crippen LogP contribution in [0.25, 0.3) is 0 Å². The van der Waals surface area contributed by atoms with Crippen LogP contribution in [0.4, 0.5) is 0 Å². The van der Waals surface area contributed by atoms with Gasteiger partial charge in [-0.3, -0.25) is 14.5 Å². The first-order valence-corrected chi connectivity index (χ1v) is 6.47. The summed E-state index contributed by atoms with van der Waals surface area (Å²) in [6.45, 7) is 0.314. The van der Waals surface area contributed by atoms with E-state index < -0.39 is 11.9 Å². The lowest BCUT2D eigenvalue weighted by molar-refractivity contribution is -0.138. The van der Waals surface area contributed by atoms with Gasteiger partial charge in [-0.05, 0) is 12.1 Å². The number of carboxylic acid groups (broad SMARTS) is 1. The van der Waals surface area contributed by atoms with E-state index in [1.807, 2.05) is 30.3 Å². The molecule has 0 unspecified atom stereocenters. The average Bonchev–Trinajstić information content (AvgIpc) is 2.28. The maximum Gasteiger partial charge on any atom is 0.317 e. The van der Waals surface area contributed by atoms with Crippen LogP contribution in [0, 0.1) is 0 Å². The summed E-state index contributed by atoms with van der Waals surface area (Å²) in [5.74, 6) is -0.758. The van der Waals surface area contributed by atoms with Gasteiger partial charge in [0.25, 0.3) is 0 Å². The first kappa shape index (κ1) is 14.5. The summed E-state index contributed by atoms with van der Waals surface area (Å²) in [4.78, 5) is 24.1. The Morgan fingerprint density at radius 2 is 1.89 bits per heavy atom. The smallest absolute Gasteiger partial charge is 0.317 e. The van der Waals surface area contributed by atoms with Crippen molar-refractivity contribution in [1.82, 2.24) is 4.90 Å². The largest absolute Gasteiger partial charge is 0.480 e. The Balaban J connectivity index is 2.37. The maximum atomic E-state index is 10.8. The van der Waals surface area contributed by atoms with E-state index in [-0.39, 0.29) is 13.1 Å². The topological polar surface area (TPSA) is 83.6 Å². The normalized spacial score (nSPS) is 10.5. The fourth-order valence-electron chi connectivity index (χ4n) is 1.44. The van der Waals surface area contributed by atoms with Crippen LogP contribution < -0.4 is 5.73 Å². The van der Waals surface area contributed by atoms with E-state index >= 15 is 0 Å². The van der Waals surface area contributed by atoms with Crippen molar-refractivity contribution < 1.29 is 14.7 Å². The zero-order valence-corrected chi connectivity index (χ0v) is 10.7. The summed E-state index contributed by atoms with van der Waals surface area (Å²) < 4.78 is 0. The first-order valence-electron chi connectivity index (χ1n) is 5.48. The first-order chi connectivity index (χ1) is 8.58. The minimum atomic E-state index is -0.957. The standard InChI is InChI=1S/C12H16N2O3S/c13-11(15)8-14(9-12(16)17)6-7-18-10-4-2-1-3-5-10/h1-5H,6-9H2,(H2,13,15)(H,16,17). The fraction of sp³-hybridized carbons (Fsp3) is 0.333. The lowest BCUT2D eigenvalue weighted by atomic mass is 10.4. The third-order valence-corrected chi connectivity index (χ3v) is 3.15. The molecule has 0 heterocycles. The molecule has 5 nitrogen and oxygen atoms in total. The lowest BCUT2D eigenvalue weighted by Gasteiger charge is -2.17. The van der Waals surface area contributed by atoms with Gasteiger partial charge in [0.2, 0.25) is 5.91 Å². The predicted octanol–water partition coefficient (Wildman–Crippen LogP) is 0.651. The Kier molecular flexibility index (Phi) is 6.24. The number of carbonyl (C=O) groups excluding carboxylic acids is 1. The molecule has 0 spiro atoms. The molecule has 0 radical (unpaired) electrons. The summed E-state index contributed by atoms with van der Waals surface area (Å²) in [6.07, 6.45) is 0. The van der Waals surface area contributed by atoms with Crippen LogP contribution in [0.2, 0.25) is 0 Å². The highest BCUT2D eigenvalue weighted by Crippen LogP contribution is 2.16. The lowest BCUT2D eigenvalue weighted by Crippen LogP contribution is -2.38. The van der Waals surface area contributed by atoms with Gasteiger partial charge in [0.15, 0.2) is 0 Å². The summed E-state index contributed by atoms with van der Waals surface area (Å²) in [5.41, 5.74) is 5.07. The molecular weight excluding hydrogens is 252 g/mol. The van der Waals surface area contributed by atoms with Gasteiger partial charge in [-0.2, -0.15) is 0 Å². The SMILES string of the molecule is NC(=O)CN(CCSc1ccccc1)CC(=O)O. The fourth-order valence-corrected chi connectivity index (χ4v) is 2.37. The van der Waals surface area contributed by atoms with E-state index in [1.54, 1.807) is 11.8 Å². The van der Waals surface area contributed by atoms with E-state index in [4.69, 9.17) is 10.8 Å². The van der Waals surface area contributed by atoms with Crippen molar-refractivity contribution in [3.8, 4) is 0 Å². The number of amides is 1. The van der Waals surface area contributed by atoms with Crippen LogP contribution >= 0.6 is 11.8 Å². The molecule has 0 aromatic heterocycles. The summed E-state index contributed by atoms with van der Waals surface area (Å²) in [7, 11) is 0. The number of nitrogens with zero attached hydrogens (tertiary/aromatic N) is 1. The number of thioether (sulfide) groups is 1. The van der Waals surface area contributed by atoms with E-state index in [0.29, 0.717) is 12.3 Å². The number of hydrogen-bond acceptors (Lipinski definition) is 4. The van der Waals surface area contributed by atoms with Gasteiger partial charge in [-0.15, -0.1) is 11.8 Å². The van der Waals surface area contributed by atoms with Crippen molar-refractivity contribution in [2.45, 2.75) is 4.90 Å². The highest BCUT2D eigenvalue weighted by atomic mass is 32.2. The van der Waals surface area contributed by atoms with Crippen LogP contribution in [-0.2, 0) is 9.59 Å². The van der Waals surface area contributed by atoms with Crippen molar-refractivity contribution in [2.24, 2.45) is 5.73 Å². The van der Waals surface area contributed by atoms with Gasteiger partial charge in [-0.25, -0.2) is 0 Å². The van der Waals surface area contributed by atoms with Crippen LogP contribution in [0.5, 0.6) is 0 Å². The minimum absolute atomic E-state index is 0.0261. The van der Waals surface area contributed by atoms with Gasteiger partial charge < -0.3 is 10.8 Å². The molecule has 1 amide bonds. The number of rotatable bonds is 8. The number of benzene rings is 1. The summed E-state index contributed by atoms with van der Waals surface area (Å²) in [6, 6.07) is 9.80. The molecular formula is C12H16N2O3S. The molecule has 0 aliphatic heterocycles. The molecule has 1 rings (SSSR count). The van der Waals surface area contributed by atoms with E-state index in [1.165, 1.54) is 4.90 Å². The van der Waals surface area contributed by atoms with Gasteiger partial charge in [0.05, 0.1) is 13.1 Å². The Bertz CT molecular complexity index is 382. The number of carbonyl (C=O) groups is 2. The monoisotopic (exact) mass is 268 g/mol. The average molecular weight is 268 g/mol. The molecule has 1 aromatic carbocycles. The number of hydrogen-bond donors (Lipinski definition) is 2. The second-order valence-corrected chi connectivity index (χ2v) is 4.90. The molecule has 98 valence electrons. The molecule has 0 aliphatic rings. The zero-order chi connectivity index (χ0) is 13.4. The van der Waals surface area contributed by atoms with Gasteiger partial charge in [0.1, 0.15) is 0 Å². The molecule has 3 N–H and O–H groups in total. The minimum Gasteiger partial charge on any atom is -0.480 e. The number of carboxylic acids is 1. The van der Waals surface area contributed by atoms with Crippen LogP contribution in [0.1, 0.15) is 0 Å². The van der Waals surface area contributed by atoms with Crippen LogP contribution in [-0.4, -0.2) is 47.3 Å². The van der Waals surface area contributed by atoms with Crippen LogP contribution in [0.3, 0.4) is 0 Å². The molecule has 0 saturated heterocycles. The van der Waals surface area contributed by atoms with Crippen molar-refractivity contribution >= 4 is 23.6 Å². The molecule has 0 atom stereocenters. The van der Waals surface area contributed by atoms with Crippen molar-refractivity contribution in [3.63, 3.8) is 0 Å². The second-order valence-electron chi connectivity index (χ2n) is 3.73. The quantitative estimate of drug-likeness (QED) is 0.676. The van der Waals surface area contributed by atoms with Crippen LogP contribution in [0.15, 0.2) is 35.2 Å². The second kappa shape index (κ2) is 7.73. The Morgan fingerprint density at radius 3 is 2.44 bits per heavy atom. The number of aliphatic carboxylic acids is 1. The highest BCUT2D eigenvalue weighted by molar-refractivity contribution is 7.99. The van der Waals surface area contributed by atoms with Gasteiger partial charge >= 0.3 is 5.97 Å². The van der Waals surface area contributed by atoms with Crippen molar-refractivity contribution in [1.29, 1.82) is 0 Å². The van der Waals surface area contributed by atoms with E-state index in [0.717, 1.165) is 4.90 Å². The Hall–Kier alpha value is -1.53. The molecule has 0 bridgehead atoms. The molecule has 1 aromatic rings. The molecule has 6 heteroatoms. The predicted molar refractivity (Wildman–Crippen MR) is 70.4 cm³/mol. The molecule has 0 fully saturated rings. The molecule has 0 aliphatic carbocycles. The van der Waals surface area contributed by atoms with Gasteiger partial charge in [-0.1, -0.05) is 18.2 Å². The maximum absolute atomic E-state index is 10.8. The van der Waals surface area contributed by atoms with E-state index in [2.05, 4.69) is 0 Å². The molecule has 18 heavy (non-hydrogen) atoms. The third kappa shape index (κ3) is 6.27. The van der Waals surface area contributed by atoms with Gasteiger partial charge in [0, 0.05) is 17.2 Å². The summed E-state index contributed by atoms with van der Waals surface area (Å²) >= 11 is 1.62. The summed E-state index contributed by atoms with van der Waals surface area (Å²) in [5, 5.41) is 8.71. The van der Waals surface area contributed by atoms with Crippen molar-refractivity contribution in [2.75, 3.05) is 25.4 Å².